The van der Waals surface area contributed by atoms with Crippen molar-refractivity contribution in [3.8, 4) is 5.75 Å². The van der Waals surface area contributed by atoms with Gasteiger partial charge in [-0.2, -0.15) is 21.6 Å². The topological polar surface area (TPSA) is 68.6 Å². The molecule has 1 saturated carbocycles. The van der Waals surface area contributed by atoms with Gasteiger partial charge in [-0.3, -0.25) is 4.79 Å². The zero-order valence-corrected chi connectivity index (χ0v) is 16.9. The Morgan fingerprint density at radius 2 is 1.73 bits per heavy atom. The quantitative estimate of drug-likeness (QED) is 0.402. The second-order valence-corrected chi connectivity index (χ2v) is 9.24. The van der Waals surface area contributed by atoms with Gasteiger partial charge in [0.15, 0.2) is 5.75 Å². The number of halogens is 4. The number of aryl methyl sites for hydroxylation is 1. The largest absolute Gasteiger partial charge is 0.534 e. The molecule has 2 fully saturated rings. The molecule has 0 bridgehead atoms. The number of fused-ring (bicyclic) bond motifs is 1. The van der Waals surface area contributed by atoms with Gasteiger partial charge in [0, 0.05) is 30.6 Å². The third kappa shape index (κ3) is 3.52. The number of piperidine rings is 1. The summed E-state index contributed by atoms with van der Waals surface area (Å²) in [6.45, 7) is 2.83. The summed E-state index contributed by atoms with van der Waals surface area (Å²) in [6.07, 6.45) is 4.17. The molecule has 1 saturated heterocycles. The minimum absolute atomic E-state index is 0.161. The number of anilines is 1. The molecule has 0 N–H and O–H groups in total. The van der Waals surface area contributed by atoms with E-state index in [1.54, 1.807) is 6.92 Å². The molecule has 2 aromatic rings. The van der Waals surface area contributed by atoms with E-state index in [9.17, 15) is 26.4 Å². The van der Waals surface area contributed by atoms with Gasteiger partial charge in [0.2, 0.25) is 0 Å². The van der Waals surface area contributed by atoms with Gasteiger partial charge in [0.25, 0.3) is 5.56 Å². The lowest BCUT2D eigenvalue weighted by Gasteiger charge is -2.31. The van der Waals surface area contributed by atoms with Crippen molar-refractivity contribution in [1.82, 2.24) is 4.57 Å². The molecule has 6 nitrogen and oxygen atoms in total. The van der Waals surface area contributed by atoms with Crippen LogP contribution in [-0.4, -0.2) is 31.6 Å². The van der Waals surface area contributed by atoms with Crippen LogP contribution in [0.25, 0.3) is 10.9 Å². The van der Waals surface area contributed by atoms with E-state index in [1.165, 1.54) is 4.57 Å². The van der Waals surface area contributed by atoms with E-state index in [1.807, 2.05) is 4.90 Å². The Morgan fingerprint density at radius 1 is 1.10 bits per heavy atom. The van der Waals surface area contributed by atoms with Crippen molar-refractivity contribution in [2.75, 3.05) is 18.0 Å². The molecule has 164 valence electrons. The molecule has 2 aliphatic rings. The summed E-state index contributed by atoms with van der Waals surface area (Å²) in [4.78, 5) is 14.6. The van der Waals surface area contributed by atoms with Crippen LogP contribution in [0, 0.1) is 12.7 Å². The first kappa shape index (κ1) is 21.0. The van der Waals surface area contributed by atoms with Crippen LogP contribution in [0.4, 0.5) is 23.2 Å². The maximum Gasteiger partial charge on any atom is 0.534 e. The lowest BCUT2D eigenvalue weighted by atomic mass is 10.0. The number of hydrogen-bond donors (Lipinski definition) is 0. The van der Waals surface area contributed by atoms with E-state index >= 15 is 4.39 Å². The molecule has 1 aliphatic heterocycles. The molecule has 1 aromatic carbocycles. The van der Waals surface area contributed by atoms with Crippen LogP contribution in [0.2, 0.25) is 0 Å². The Labute approximate surface area is 170 Å². The summed E-state index contributed by atoms with van der Waals surface area (Å²) in [7, 11) is -6.01. The van der Waals surface area contributed by atoms with E-state index in [0.717, 1.165) is 25.3 Å². The van der Waals surface area contributed by atoms with Crippen molar-refractivity contribution in [2.45, 2.75) is 50.6 Å². The predicted octanol–water partition coefficient (Wildman–Crippen LogP) is 4.00. The number of hydrogen-bond acceptors (Lipinski definition) is 5. The zero-order chi connectivity index (χ0) is 21.8. The van der Waals surface area contributed by atoms with Gasteiger partial charge in [-0.15, -0.1) is 0 Å². The monoisotopic (exact) mass is 448 g/mol. The van der Waals surface area contributed by atoms with E-state index < -0.39 is 32.8 Å². The Balaban J connectivity index is 1.98. The van der Waals surface area contributed by atoms with E-state index in [-0.39, 0.29) is 22.6 Å². The maximum absolute atomic E-state index is 15.1. The second kappa shape index (κ2) is 7.14. The SMILES string of the molecule is Cc1c(N2CCCCC2)c(F)cc2c(OS(=O)(=O)C(F)(F)F)cc(=O)n(C3CC3)c12. The summed E-state index contributed by atoms with van der Waals surface area (Å²) in [5.41, 5.74) is -5.49. The fraction of sp³-hybridized carbons (Fsp3) is 0.526. The Hall–Kier alpha value is -2.30. The summed E-state index contributed by atoms with van der Waals surface area (Å²) < 4.78 is 82.3. The highest BCUT2D eigenvalue weighted by atomic mass is 32.2. The molecule has 0 spiro atoms. The predicted molar refractivity (Wildman–Crippen MR) is 103 cm³/mol. The molecule has 0 atom stereocenters. The molecule has 1 aliphatic carbocycles. The molecular weight excluding hydrogens is 428 g/mol. The first-order valence-corrected chi connectivity index (χ1v) is 11.1. The van der Waals surface area contributed by atoms with Crippen molar-refractivity contribution in [1.29, 1.82) is 0 Å². The fourth-order valence-corrected chi connectivity index (χ4v) is 4.53. The number of nitrogens with zero attached hydrogens (tertiary/aromatic N) is 2. The van der Waals surface area contributed by atoms with Gasteiger partial charge >= 0.3 is 15.6 Å². The van der Waals surface area contributed by atoms with Gasteiger partial charge in [-0.05, 0) is 50.7 Å². The second-order valence-electron chi connectivity index (χ2n) is 7.71. The molecule has 0 amide bonds. The average molecular weight is 448 g/mol. The maximum atomic E-state index is 15.1. The van der Waals surface area contributed by atoms with Crippen LogP contribution in [0.1, 0.15) is 43.7 Å². The van der Waals surface area contributed by atoms with Gasteiger partial charge in [0.05, 0.1) is 11.2 Å². The summed E-state index contributed by atoms with van der Waals surface area (Å²) in [5, 5.41) is -0.176. The van der Waals surface area contributed by atoms with Crippen LogP contribution in [-0.2, 0) is 10.1 Å². The zero-order valence-electron chi connectivity index (χ0n) is 16.1. The molecular formula is C19H20F4N2O4S. The first-order valence-electron chi connectivity index (χ1n) is 9.65. The van der Waals surface area contributed by atoms with Crippen molar-refractivity contribution in [3.05, 3.63) is 33.9 Å². The highest BCUT2D eigenvalue weighted by molar-refractivity contribution is 7.88. The lowest BCUT2D eigenvalue weighted by molar-refractivity contribution is -0.0499. The molecule has 4 rings (SSSR count). The summed E-state index contributed by atoms with van der Waals surface area (Å²) in [6, 6.07) is 1.49. The van der Waals surface area contributed by atoms with Crippen molar-refractivity contribution < 1.29 is 30.2 Å². The Kier molecular flexibility index (Phi) is 4.99. The molecule has 11 heteroatoms. The Morgan fingerprint density at radius 3 is 2.30 bits per heavy atom. The number of alkyl halides is 3. The summed E-state index contributed by atoms with van der Waals surface area (Å²) >= 11 is 0. The molecule has 30 heavy (non-hydrogen) atoms. The first-order chi connectivity index (χ1) is 14.0. The number of aromatic nitrogens is 1. The highest BCUT2D eigenvalue weighted by Crippen LogP contribution is 2.42. The fourth-order valence-electron chi connectivity index (χ4n) is 4.06. The van der Waals surface area contributed by atoms with Gasteiger partial charge < -0.3 is 13.7 Å². The standard InChI is InChI=1S/C19H20F4N2O4S/c1-11-17-13(9-14(20)18(11)24-7-3-2-4-8-24)15(29-30(27,28)19(21,22)23)10-16(26)25(17)12-5-6-12/h9-10,12H,2-8H2,1H3. The number of pyridine rings is 1. The van der Waals surface area contributed by atoms with Crippen LogP contribution >= 0.6 is 0 Å². The molecule has 1 aromatic heterocycles. The molecule has 0 unspecified atom stereocenters. The van der Waals surface area contributed by atoms with E-state index in [0.29, 0.717) is 37.6 Å². The third-order valence-corrected chi connectivity index (χ3v) is 6.49. The summed E-state index contributed by atoms with van der Waals surface area (Å²) in [5.74, 6) is -1.52. The van der Waals surface area contributed by atoms with E-state index in [2.05, 4.69) is 4.18 Å². The van der Waals surface area contributed by atoms with Crippen LogP contribution in [0.5, 0.6) is 5.75 Å². The third-order valence-electron chi connectivity index (χ3n) is 5.53. The number of benzene rings is 1. The van der Waals surface area contributed by atoms with Crippen LogP contribution < -0.4 is 14.6 Å². The van der Waals surface area contributed by atoms with Gasteiger partial charge in [-0.25, -0.2) is 4.39 Å². The van der Waals surface area contributed by atoms with Gasteiger partial charge in [0.1, 0.15) is 5.82 Å². The van der Waals surface area contributed by atoms with Crippen LogP contribution in [0.3, 0.4) is 0 Å². The van der Waals surface area contributed by atoms with Crippen LogP contribution in [0.15, 0.2) is 16.9 Å². The minimum Gasteiger partial charge on any atom is -0.375 e. The van der Waals surface area contributed by atoms with Crippen molar-refractivity contribution in [2.24, 2.45) is 0 Å². The normalized spacial score (nSPS) is 18.1. The minimum atomic E-state index is -6.01. The lowest BCUT2D eigenvalue weighted by Crippen LogP contribution is -2.32. The van der Waals surface area contributed by atoms with E-state index in [4.69, 9.17) is 0 Å². The number of rotatable bonds is 4. The van der Waals surface area contributed by atoms with Crippen molar-refractivity contribution >= 4 is 26.7 Å². The van der Waals surface area contributed by atoms with Crippen molar-refractivity contribution in [3.63, 3.8) is 0 Å². The smallest absolute Gasteiger partial charge is 0.375 e. The highest BCUT2D eigenvalue weighted by Gasteiger charge is 2.49. The average Bonchev–Trinajstić information content (AvgIpc) is 3.47. The molecule has 0 radical (unpaired) electrons. The molecule has 2 heterocycles. The van der Waals surface area contributed by atoms with Gasteiger partial charge in [-0.1, -0.05) is 0 Å². The Bertz CT molecular complexity index is 1160.